The van der Waals surface area contributed by atoms with Crippen LogP contribution in [0.15, 0.2) is 70.6 Å². The van der Waals surface area contributed by atoms with Gasteiger partial charge in [-0.25, -0.2) is 12.8 Å². The Balaban J connectivity index is 1.43. The Morgan fingerprint density at radius 2 is 1.70 bits per heavy atom. The van der Waals surface area contributed by atoms with Crippen LogP contribution in [0.3, 0.4) is 0 Å². The monoisotopic (exact) mass is 580 g/mol. The molecule has 1 N–H and O–H groups in total. The van der Waals surface area contributed by atoms with Crippen molar-refractivity contribution in [3.63, 3.8) is 0 Å². The highest BCUT2D eigenvalue weighted by molar-refractivity contribution is 7.89. The van der Waals surface area contributed by atoms with Crippen molar-refractivity contribution >= 4 is 21.8 Å². The summed E-state index contributed by atoms with van der Waals surface area (Å²) in [5, 5.41) is 2.94. The Bertz CT molecular complexity index is 1350. The molecular weight excluding hydrogens is 548 g/mol. The minimum absolute atomic E-state index is 0.0598. The predicted molar refractivity (Wildman–Crippen MR) is 143 cm³/mol. The van der Waals surface area contributed by atoms with Crippen molar-refractivity contribution in [3.8, 4) is 0 Å². The van der Waals surface area contributed by atoms with Gasteiger partial charge in [-0.05, 0) is 72.2 Å². The number of piperidine rings is 1. The molecule has 0 spiro atoms. The van der Waals surface area contributed by atoms with Gasteiger partial charge in [-0.1, -0.05) is 18.7 Å². The second-order valence-corrected chi connectivity index (χ2v) is 12.1. The molecule has 216 valence electrons. The van der Waals surface area contributed by atoms with Crippen LogP contribution < -0.4 is 5.32 Å². The molecule has 1 saturated carbocycles. The maximum absolute atomic E-state index is 13.4. The summed E-state index contributed by atoms with van der Waals surface area (Å²) in [5.41, 5.74) is 0.0152. The molecule has 0 aromatic heterocycles. The van der Waals surface area contributed by atoms with E-state index in [4.69, 9.17) is 0 Å². The largest absolute Gasteiger partial charge is 0.416 e. The number of rotatable bonds is 11. The van der Waals surface area contributed by atoms with E-state index >= 15 is 0 Å². The Morgan fingerprint density at radius 1 is 1.07 bits per heavy atom. The number of carbonyl (C=O) groups excluding carboxylic acids is 1. The number of hydrogen-bond donors (Lipinski definition) is 1. The van der Waals surface area contributed by atoms with Crippen molar-refractivity contribution in [2.75, 3.05) is 33.2 Å². The molecule has 2 aliphatic rings. The predicted octanol–water partition coefficient (Wildman–Crippen LogP) is 4.47. The van der Waals surface area contributed by atoms with E-state index in [2.05, 4.69) is 16.9 Å². The number of amidine groups is 1. The highest BCUT2D eigenvalue weighted by Gasteiger charge is 2.46. The van der Waals surface area contributed by atoms with Crippen LogP contribution in [-0.2, 0) is 27.5 Å². The van der Waals surface area contributed by atoms with Crippen LogP contribution in [-0.4, -0.2) is 62.6 Å². The van der Waals surface area contributed by atoms with Gasteiger partial charge < -0.3 is 10.2 Å². The molecule has 2 aromatic rings. The van der Waals surface area contributed by atoms with E-state index in [1.54, 1.807) is 7.05 Å². The molecule has 2 aromatic carbocycles. The van der Waals surface area contributed by atoms with Crippen LogP contribution in [0.4, 0.5) is 17.6 Å². The van der Waals surface area contributed by atoms with E-state index in [1.165, 1.54) is 18.6 Å². The van der Waals surface area contributed by atoms with Gasteiger partial charge >= 0.3 is 6.18 Å². The van der Waals surface area contributed by atoms with Crippen molar-refractivity contribution in [1.29, 1.82) is 0 Å². The zero-order valence-electron chi connectivity index (χ0n) is 22.1. The van der Waals surface area contributed by atoms with Gasteiger partial charge in [-0.15, -0.1) is 0 Å². The molecule has 2 unspecified atom stereocenters. The Morgan fingerprint density at radius 3 is 2.27 bits per heavy atom. The Labute approximate surface area is 231 Å². The van der Waals surface area contributed by atoms with Crippen LogP contribution in [0.2, 0.25) is 0 Å². The zero-order valence-corrected chi connectivity index (χ0v) is 22.9. The number of benzene rings is 2. The highest BCUT2D eigenvalue weighted by Crippen LogP contribution is 2.44. The average Bonchev–Trinajstić information content (AvgIpc) is 3.52. The van der Waals surface area contributed by atoms with E-state index in [-0.39, 0.29) is 43.3 Å². The molecule has 1 aliphatic carbocycles. The average molecular weight is 581 g/mol. The number of amides is 1. The van der Waals surface area contributed by atoms with Gasteiger partial charge in [0, 0.05) is 39.6 Å². The normalized spacial score (nSPS) is 19.1. The molecule has 2 atom stereocenters. The Kier molecular flexibility index (Phi) is 8.99. The smallest absolute Gasteiger partial charge is 0.373 e. The van der Waals surface area contributed by atoms with Gasteiger partial charge in [0.25, 0.3) is 0 Å². The third-order valence-electron chi connectivity index (χ3n) is 7.25. The second kappa shape index (κ2) is 12.1. The highest BCUT2D eigenvalue weighted by atomic mass is 32.2. The summed E-state index contributed by atoms with van der Waals surface area (Å²) in [5.74, 6) is 1.20. The summed E-state index contributed by atoms with van der Waals surface area (Å²) in [6.45, 7) is 5.64. The number of fused-ring (bicyclic) bond motifs is 1. The fourth-order valence-corrected chi connectivity index (χ4v) is 6.24. The maximum Gasteiger partial charge on any atom is 0.416 e. The van der Waals surface area contributed by atoms with Gasteiger partial charge in [-0.2, -0.15) is 17.5 Å². The van der Waals surface area contributed by atoms with Crippen LogP contribution in [0, 0.1) is 17.7 Å². The van der Waals surface area contributed by atoms with Crippen molar-refractivity contribution in [2.24, 2.45) is 16.8 Å². The quantitative estimate of drug-likeness (QED) is 0.242. The first kappa shape index (κ1) is 29.7. The SMILES string of the molecule is C=C(CCN(Cc1ccc(C(F)(F)F)cc1)S(=O)(=O)c1ccc(F)cc1)/C(=N/CCC(=O)N1CC2CC2C1)NC. The van der Waals surface area contributed by atoms with E-state index in [9.17, 15) is 30.8 Å². The number of aliphatic imine (C=N–C) groups is 1. The van der Waals surface area contributed by atoms with E-state index < -0.39 is 27.6 Å². The molecule has 0 bridgehead atoms. The molecule has 40 heavy (non-hydrogen) atoms. The molecule has 1 aliphatic heterocycles. The first-order chi connectivity index (χ1) is 18.9. The van der Waals surface area contributed by atoms with Crippen LogP contribution in [0.25, 0.3) is 0 Å². The lowest BCUT2D eigenvalue weighted by Crippen LogP contribution is -2.33. The number of sulfonamides is 1. The molecule has 7 nitrogen and oxygen atoms in total. The van der Waals surface area contributed by atoms with Crippen LogP contribution in [0.1, 0.15) is 30.4 Å². The van der Waals surface area contributed by atoms with E-state index in [0.29, 0.717) is 28.8 Å². The number of hydrogen-bond acceptors (Lipinski definition) is 4. The van der Waals surface area contributed by atoms with Gasteiger partial charge in [0.05, 0.1) is 17.0 Å². The molecular formula is C28H32F4N4O3S. The van der Waals surface area contributed by atoms with Gasteiger partial charge in [0.1, 0.15) is 11.7 Å². The molecule has 1 saturated heterocycles. The summed E-state index contributed by atoms with van der Waals surface area (Å²) in [6, 6.07) is 8.59. The number of alkyl halides is 3. The number of carbonyl (C=O) groups is 1. The summed E-state index contributed by atoms with van der Waals surface area (Å²) < 4.78 is 80.4. The third-order valence-corrected chi connectivity index (χ3v) is 9.11. The maximum atomic E-state index is 13.4. The summed E-state index contributed by atoms with van der Waals surface area (Å²) in [4.78, 5) is 18.6. The lowest BCUT2D eigenvalue weighted by Gasteiger charge is -2.23. The molecule has 12 heteroatoms. The lowest BCUT2D eigenvalue weighted by molar-refractivity contribution is -0.137. The van der Waals surface area contributed by atoms with Crippen molar-refractivity contribution in [1.82, 2.24) is 14.5 Å². The van der Waals surface area contributed by atoms with Gasteiger partial charge in [0.2, 0.25) is 15.9 Å². The standard InChI is InChI=1S/C28H32F4N4O3S/c1-19(27(33-2)34-13-11-26(37)35-17-21-15-22(21)18-35)12-14-36(40(38,39)25-9-7-24(29)8-10-25)16-20-3-5-23(6-4-20)28(30,31)32/h3-10,21-22H,1,11-18H2,2H3,(H,33,34). The molecule has 2 fully saturated rings. The number of likely N-dealkylation sites (tertiary alicyclic amines) is 1. The minimum atomic E-state index is -4.52. The van der Waals surface area contributed by atoms with Crippen LogP contribution in [0.5, 0.6) is 0 Å². The number of likely N-dealkylation sites (N-methyl/N-ethyl adjacent to an activating group) is 1. The summed E-state index contributed by atoms with van der Waals surface area (Å²) in [6.07, 6.45) is -2.89. The molecule has 0 radical (unpaired) electrons. The lowest BCUT2D eigenvalue weighted by atomic mass is 10.1. The van der Waals surface area contributed by atoms with Gasteiger partial charge in [0.15, 0.2) is 0 Å². The number of halogens is 4. The van der Waals surface area contributed by atoms with E-state index in [1.807, 2.05) is 4.90 Å². The first-order valence-corrected chi connectivity index (χ1v) is 14.4. The number of nitrogens with one attached hydrogen (secondary N) is 1. The molecule has 1 heterocycles. The van der Waals surface area contributed by atoms with E-state index in [0.717, 1.165) is 53.8 Å². The summed E-state index contributed by atoms with van der Waals surface area (Å²) in [7, 11) is -2.48. The van der Waals surface area contributed by atoms with Crippen molar-refractivity contribution in [3.05, 3.63) is 77.6 Å². The Hall–Kier alpha value is -3.25. The topological polar surface area (TPSA) is 82.1 Å². The van der Waals surface area contributed by atoms with Crippen molar-refractivity contribution in [2.45, 2.75) is 36.9 Å². The van der Waals surface area contributed by atoms with Crippen LogP contribution >= 0.6 is 0 Å². The second-order valence-electron chi connectivity index (χ2n) is 10.1. The molecule has 4 rings (SSSR count). The van der Waals surface area contributed by atoms with Crippen molar-refractivity contribution < 1.29 is 30.8 Å². The summed E-state index contributed by atoms with van der Waals surface area (Å²) >= 11 is 0. The number of nitrogens with zero attached hydrogens (tertiary/aromatic N) is 3. The fraction of sp³-hybridized carbons (Fsp3) is 0.429. The minimum Gasteiger partial charge on any atom is -0.373 e. The zero-order chi connectivity index (χ0) is 29.1. The first-order valence-electron chi connectivity index (χ1n) is 13.0. The third kappa shape index (κ3) is 7.28. The fourth-order valence-electron chi connectivity index (χ4n) is 4.81. The molecule has 1 amide bonds. The van der Waals surface area contributed by atoms with Gasteiger partial charge in [-0.3, -0.25) is 9.79 Å².